The lowest BCUT2D eigenvalue weighted by Crippen LogP contribution is -2.14. The summed E-state index contributed by atoms with van der Waals surface area (Å²) in [6.45, 7) is 2.01. The normalized spacial score (nSPS) is 10.8. The highest BCUT2D eigenvalue weighted by atomic mass is 35.5. The van der Waals surface area contributed by atoms with Crippen LogP contribution in [-0.4, -0.2) is 18.3 Å². The number of hydrogen-bond donors (Lipinski definition) is 2. The Kier molecular flexibility index (Phi) is 6.48. The third-order valence-electron chi connectivity index (χ3n) is 2.19. The van der Waals surface area contributed by atoms with E-state index in [4.69, 9.17) is 21.1 Å². The van der Waals surface area contributed by atoms with Gasteiger partial charge in [-0.2, -0.15) is 0 Å². The Morgan fingerprint density at radius 1 is 1.20 bits per heavy atom. The van der Waals surface area contributed by atoms with Crippen LogP contribution in [0.2, 0.25) is 5.22 Å². The van der Waals surface area contributed by atoms with Crippen molar-refractivity contribution in [3.63, 3.8) is 0 Å². The van der Waals surface area contributed by atoms with E-state index in [1.54, 1.807) is 6.07 Å². The van der Waals surface area contributed by atoms with Gasteiger partial charge in [0, 0.05) is 6.61 Å². The quantitative estimate of drug-likeness (QED) is 0.676. The molecule has 2 N–H and O–H groups in total. The molecule has 0 amide bonds. The molecular formula is C11H18ClNO2. The molecule has 0 saturated heterocycles. The highest BCUT2D eigenvalue weighted by molar-refractivity contribution is 6.28. The van der Waals surface area contributed by atoms with Crippen LogP contribution in [0.25, 0.3) is 0 Å². The number of hydrogen-bond acceptors (Lipinski definition) is 3. The van der Waals surface area contributed by atoms with Crippen molar-refractivity contribution in [1.29, 1.82) is 0 Å². The van der Waals surface area contributed by atoms with E-state index in [-0.39, 0.29) is 0 Å². The van der Waals surface area contributed by atoms with Gasteiger partial charge in [-0.05, 0) is 43.1 Å². The van der Waals surface area contributed by atoms with Gasteiger partial charge in [-0.1, -0.05) is 12.8 Å². The molecule has 1 rings (SSSR count). The zero-order chi connectivity index (χ0) is 10.9. The SMILES string of the molecule is OCCCCCCNCc1ccc(Cl)o1. The molecular weight excluding hydrogens is 214 g/mol. The Labute approximate surface area is 95.4 Å². The van der Waals surface area contributed by atoms with Crippen molar-refractivity contribution < 1.29 is 9.52 Å². The Hall–Kier alpha value is -0.510. The van der Waals surface area contributed by atoms with Crippen LogP contribution in [0.15, 0.2) is 16.5 Å². The van der Waals surface area contributed by atoms with E-state index in [1.165, 1.54) is 0 Å². The molecule has 0 aromatic carbocycles. The second-order valence-electron chi connectivity index (χ2n) is 3.52. The van der Waals surface area contributed by atoms with Gasteiger partial charge in [-0.3, -0.25) is 0 Å². The van der Waals surface area contributed by atoms with E-state index in [2.05, 4.69) is 5.32 Å². The molecule has 4 heteroatoms. The number of unbranched alkanes of at least 4 members (excludes halogenated alkanes) is 3. The van der Waals surface area contributed by atoms with Crippen molar-refractivity contribution in [3.8, 4) is 0 Å². The van der Waals surface area contributed by atoms with Gasteiger partial charge in [0.25, 0.3) is 0 Å². The predicted octanol–water partition coefficient (Wildman–Crippen LogP) is 2.58. The summed E-state index contributed by atoms with van der Waals surface area (Å²) >= 11 is 5.64. The minimum atomic E-state index is 0.304. The summed E-state index contributed by atoms with van der Waals surface area (Å²) in [6, 6.07) is 3.63. The van der Waals surface area contributed by atoms with Crippen molar-refractivity contribution in [3.05, 3.63) is 23.1 Å². The molecule has 1 aromatic heterocycles. The van der Waals surface area contributed by atoms with Crippen LogP contribution >= 0.6 is 11.6 Å². The van der Waals surface area contributed by atoms with Crippen LogP contribution in [0.3, 0.4) is 0 Å². The number of rotatable bonds is 8. The van der Waals surface area contributed by atoms with E-state index in [0.29, 0.717) is 11.8 Å². The molecule has 0 aliphatic rings. The third kappa shape index (κ3) is 5.82. The van der Waals surface area contributed by atoms with E-state index in [0.717, 1.165) is 44.5 Å². The van der Waals surface area contributed by atoms with Crippen LogP contribution in [0.4, 0.5) is 0 Å². The molecule has 0 aliphatic carbocycles. The van der Waals surface area contributed by atoms with E-state index in [1.807, 2.05) is 6.07 Å². The molecule has 3 nitrogen and oxygen atoms in total. The van der Waals surface area contributed by atoms with Gasteiger partial charge in [0.1, 0.15) is 5.76 Å². The Bertz CT molecular complexity index is 263. The smallest absolute Gasteiger partial charge is 0.193 e. The van der Waals surface area contributed by atoms with E-state index < -0.39 is 0 Å². The van der Waals surface area contributed by atoms with Crippen molar-refractivity contribution >= 4 is 11.6 Å². The Balaban J connectivity index is 1.93. The largest absolute Gasteiger partial charge is 0.448 e. The summed E-state index contributed by atoms with van der Waals surface area (Å²) < 4.78 is 5.20. The standard InChI is InChI=1S/C11H18ClNO2/c12-11-6-5-10(15-11)9-13-7-3-1-2-4-8-14/h5-6,13-14H,1-4,7-9H2. The fourth-order valence-electron chi connectivity index (χ4n) is 1.37. The zero-order valence-corrected chi connectivity index (χ0v) is 9.59. The van der Waals surface area contributed by atoms with Crippen molar-refractivity contribution in [1.82, 2.24) is 5.32 Å². The second-order valence-corrected chi connectivity index (χ2v) is 3.89. The predicted molar refractivity (Wildman–Crippen MR) is 61.0 cm³/mol. The van der Waals surface area contributed by atoms with Gasteiger partial charge >= 0.3 is 0 Å². The lowest BCUT2D eigenvalue weighted by atomic mass is 10.2. The highest BCUT2D eigenvalue weighted by Gasteiger charge is 1.98. The van der Waals surface area contributed by atoms with E-state index >= 15 is 0 Å². The van der Waals surface area contributed by atoms with Gasteiger partial charge in [0.2, 0.25) is 0 Å². The summed E-state index contributed by atoms with van der Waals surface area (Å²) in [7, 11) is 0. The first-order valence-electron chi connectivity index (χ1n) is 5.38. The molecule has 0 aliphatic heterocycles. The molecule has 1 aromatic rings. The number of aliphatic hydroxyl groups is 1. The molecule has 15 heavy (non-hydrogen) atoms. The summed E-state index contributed by atoms with van der Waals surface area (Å²) in [5, 5.41) is 12.3. The maximum Gasteiger partial charge on any atom is 0.193 e. The minimum Gasteiger partial charge on any atom is -0.448 e. The van der Waals surface area contributed by atoms with Crippen molar-refractivity contribution in [2.24, 2.45) is 0 Å². The summed E-state index contributed by atoms with van der Waals surface area (Å²) in [5.74, 6) is 0.871. The first-order valence-corrected chi connectivity index (χ1v) is 5.76. The van der Waals surface area contributed by atoms with Gasteiger partial charge in [-0.15, -0.1) is 0 Å². The second kappa shape index (κ2) is 7.74. The highest BCUT2D eigenvalue weighted by Crippen LogP contribution is 2.12. The zero-order valence-electron chi connectivity index (χ0n) is 8.84. The lowest BCUT2D eigenvalue weighted by Gasteiger charge is -2.02. The third-order valence-corrected chi connectivity index (χ3v) is 2.39. The van der Waals surface area contributed by atoms with Gasteiger partial charge in [0.15, 0.2) is 5.22 Å². The number of aliphatic hydroxyl groups excluding tert-OH is 1. The number of halogens is 1. The molecule has 0 radical (unpaired) electrons. The van der Waals surface area contributed by atoms with Crippen LogP contribution in [0.5, 0.6) is 0 Å². The van der Waals surface area contributed by atoms with E-state index in [9.17, 15) is 0 Å². The lowest BCUT2D eigenvalue weighted by molar-refractivity contribution is 0.282. The van der Waals surface area contributed by atoms with Gasteiger partial charge < -0.3 is 14.8 Å². The van der Waals surface area contributed by atoms with Gasteiger partial charge in [0.05, 0.1) is 6.54 Å². The monoisotopic (exact) mass is 231 g/mol. The summed E-state index contributed by atoms with van der Waals surface area (Å²) in [4.78, 5) is 0. The first-order chi connectivity index (χ1) is 7.33. The molecule has 1 heterocycles. The molecule has 0 bridgehead atoms. The van der Waals surface area contributed by atoms with Crippen molar-refractivity contribution in [2.75, 3.05) is 13.2 Å². The first kappa shape index (κ1) is 12.6. The van der Waals surface area contributed by atoms with Crippen LogP contribution in [0.1, 0.15) is 31.4 Å². The Morgan fingerprint density at radius 3 is 2.67 bits per heavy atom. The fraction of sp³-hybridized carbons (Fsp3) is 0.636. The van der Waals surface area contributed by atoms with Crippen molar-refractivity contribution in [2.45, 2.75) is 32.2 Å². The van der Waals surface area contributed by atoms with Crippen LogP contribution < -0.4 is 5.32 Å². The Morgan fingerprint density at radius 2 is 2.00 bits per heavy atom. The average Bonchev–Trinajstić information content (AvgIpc) is 2.63. The number of nitrogens with one attached hydrogen (secondary N) is 1. The summed E-state index contributed by atoms with van der Waals surface area (Å²) in [6.07, 6.45) is 4.31. The minimum absolute atomic E-state index is 0.304. The molecule has 86 valence electrons. The topological polar surface area (TPSA) is 45.4 Å². The van der Waals surface area contributed by atoms with Crippen LogP contribution in [-0.2, 0) is 6.54 Å². The molecule has 0 unspecified atom stereocenters. The van der Waals surface area contributed by atoms with Crippen LogP contribution in [0, 0.1) is 0 Å². The molecule has 0 saturated carbocycles. The molecule has 0 spiro atoms. The maximum atomic E-state index is 8.58. The number of furan rings is 1. The average molecular weight is 232 g/mol. The fourth-order valence-corrected chi connectivity index (χ4v) is 1.54. The molecule has 0 atom stereocenters. The molecule has 0 fully saturated rings. The maximum absolute atomic E-state index is 8.58. The van der Waals surface area contributed by atoms with Gasteiger partial charge in [-0.25, -0.2) is 0 Å². The summed E-state index contributed by atoms with van der Waals surface area (Å²) in [5.41, 5.74) is 0.